The summed E-state index contributed by atoms with van der Waals surface area (Å²) in [6, 6.07) is 13.3. The maximum atomic E-state index is 12.3. The predicted molar refractivity (Wildman–Crippen MR) is 99.4 cm³/mol. The Balaban J connectivity index is 2.18. The van der Waals surface area contributed by atoms with Gasteiger partial charge in [0.15, 0.2) is 0 Å². The number of nitrogens with one attached hydrogen (secondary N) is 1. The highest BCUT2D eigenvalue weighted by Gasteiger charge is 2.22. The van der Waals surface area contributed by atoms with Gasteiger partial charge in [-0.3, -0.25) is 9.69 Å². The molecule has 0 aliphatic heterocycles. The van der Waals surface area contributed by atoms with Gasteiger partial charge in [-0.05, 0) is 35.9 Å². The van der Waals surface area contributed by atoms with Gasteiger partial charge in [-0.25, -0.2) is 17.9 Å². The molecule has 7 nitrogen and oxygen atoms in total. The average molecular weight is 395 g/mol. The number of nitrogens with zero attached hydrogens (tertiary/aromatic N) is 1. The largest absolute Gasteiger partial charge is 0.480 e. The molecule has 0 saturated carbocycles. The van der Waals surface area contributed by atoms with Gasteiger partial charge in [0, 0.05) is 10.7 Å². The van der Waals surface area contributed by atoms with Gasteiger partial charge in [-0.15, -0.1) is 0 Å². The number of carbonyl (C=O) groups is 2. The molecule has 2 aromatic carbocycles. The Morgan fingerprint density at radius 2 is 1.69 bits per heavy atom. The summed E-state index contributed by atoms with van der Waals surface area (Å²) in [5.41, 5.74) is 0.821. The van der Waals surface area contributed by atoms with E-state index in [9.17, 15) is 18.0 Å². The maximum Gasteiger partial charge on any atom is 0.336 e. The SMILES string of the molecule is O=C(O)CN(C(=O)NS(=O)(=O)/C=C/c1ccccc1)c1ccc(Cl)cc1. The van der Waals surface area contributed by atoms with Crippen molar-refractivity contribution in [3.05, 3.63) is 70.6 Å². The fourth-order valence-electron chi connectivity index (χ4n) is 1.98. The summed E-state index contributed by atoms with van der Waals surface area (Å²) in [6.45, 7) is -0.717. The minimum atomic E-state index is -4.12. The molecule has 2 rings (SSSR count). The van der Waals surface area contributed by atoms with Crippen LogP contribution in [0.2, 0.25) is 5.02 Å². The van der Waals surface area contributed by atoms with Crippen molar-refractivity contribution < 1.29 is 23.1 Å². The number of anilines is 1. The highest BCUT2D eigenvalue weighted by atomic mass is 35.5. The number of rotatable bonds is 6. The molecule has 0 heterocycles. The van der Waals surface area contributed by atoms with Gasteiger partial charge < -0.3 is 5.11 Å². The second-order valence-corrected chi connectivity index (χ2v) is 7.12. The van der Waals surface area contributed by atoms with Crippen LogP contribution in [0.3, 0.4) is 0 Å². The van der Waals surface area contributed by atoms with Crippen molar-refractivity contribution in [3.8, 4) is 0 Å². The number of carbonyl (C=O) groups excluding carboxylic acids is 1. The van der Waals surface area contributed by atoms with Crippen molar-refractivity contribution in [2.75, 3.05) is 11.4 Å². The molecule has 0 radical (unpaired) electrons. The molecule has 136 valence electrons. The Labute approximate surface area is 155 Å². The number of sulfonamides is 1. The summed E-state index contributed by atoms with van der Waals surface area (Å²) in [5.74, 6) is -1.30. The van der Waals surface area contributed by atoms with Crippen molar-refractivity contribution in [3.63, 3.8) is 0 Å². The van der Waals surface area contributed by atoms with Crippen LogP contribution in [0.25, 0.3) is 6.08 Å². The lowest BCUT2D eigenvalue weighted by atomic mass is 10.2. The summed E-state index contributed by atoms with van der Waals surface area (Å²) >= 11 is 5.77. The zero-order valence-electron chi connectivity index (χ0n) is 13.4. The molecule has 0 atom stereocenters. The number of amides is 2. The van der Waals surface area contributed by atoms with Gasteiger partial charge in [0.2, 0.25) is 0 Å². The van der Waals surface area contributed by atoms with Crippen LogP contribution in [-0.4, -0.2) is 32.1 Å². The molecule has 0 aliphatic carbocycles. The van der Waals surface area contributed by atoms with E-state index in [0.29, 0.717) is 10.6 Å². The first kappa shape index (κ1) is 19.5. The maximum absolute atomic E-state index is 12.3. The third-order valence-corrected chi connectivity index (χ3v) is 4.35. The van der Waals surface area contributed by atoms with Gasteiger partial charge in [0.25, 0.3) is 10.0 Å². The van der Waals surface area contributed by atoms with E-state index in [4.69, 9.17) is 16.7 Å². The highest BCUT2D eigenvalue weighted by Crippen LogP contribution is 2.18. The molecule has 2 N–H and O–H groups in total. The topological polar surface area (TPSA) is 104 Å². The fourth-order valence-corrected chi connectivity index (χ4v) is 2.86. The first-order chi connectivity index (χ1) is 12.3. The van der Waals surface area contributed by atoms with E-state index in [1.807, 2.05) is 4.72 Å². The lowest BCUT2D eigenvalue weighted by Crippen LogP contribution is -2.44. The standard InChI is InChI=1S/C17H15ClN2O5S/c18-14-6-8-15(9-7-14)20(12-16(21)22)17(23)19-26(24,25)11-10-13-4-2-1-3-5-13/h1-11H,12H2,(H,19,23)(H,21,22)/b11-10+. The lowest BCUT2D eigenvalue weighted by Gasteiger charge is -2.20. The zero-order valence-corrected chi connectivity index (χ0v) is 14.9. The first-order valence-corrected chi connectivity index (χ1v) is 9.24. The minimum absolute atomic E-state index is 0.191. The number of hydrogen-bond donors (Lipinski definition) is 2. The van der Waals surface area contributed by atoms with E-state index >= 15 is 0 Å². The molecule has 2 amide bonds. The molecule has 0 spiro atoms. The molecule has 2 aromatic rings. The summed E-state index contributed by atoms with van der Waals surface area (Å²) in [6.07, 6.45) is 1.32. The lowest BCUT2D eigenvalue weighted by molar-refractivity contribution is -0.135. The van der Waals surface area contributed by atoms with E-state index < -0.39 is 28.6 Å². The number of carboxylic acids is 1. The molecule has 26 heavy (non-hydrogen) atoms. The third-order valence-electron chi connectivity index (χ3n) is 3.15. The first-order valence-electron chi connectivity index (χ1n) is 7.32. The van der Waals surface area contributed by atoms with E-state index in [1.165, 1.54) is 30.3 Å². The Kier molecular flexibility index (Phi) is 6.37. The number of urea groups is 1. The average Bonchev–Trinajstić information content (AvgIpc) is 2.59. The van der Waals surface area contributed by atoms with Crippen LogP contribution < -0.4 is 9.62 Å². The van der Waals surface area contributed by atoms with E-state index in [2.05, 4.69) is 0 Å². The van der Waals surface area contributed by atoms with Crippen LogP contribution in [0.1, 0.15) is 5.56 Å². The van der Waals surface area contributed by atoms with Gasteiger partial charge in [0.1, 0.15) is 6.54 Å². The zero-order chi connectivity index (χ0) is 19.2. The van der Waals surface area contributed by atoms with Crippen LogP contribution >= 0.6 is 11.6 Å². The van der Waals surface area contributed by atoms with Gasteiger partial charge in [-0.2, -0.15) is 0 Å². The van der Waals surface area contributed by atoms with Crippen LogP contribution in [0.5, 0.6) is 0 Å². The van der Waals surface area contributed by atoms with E-state index in [-0.39, 0.29) is 5.69 Å². The molecule has 0 aliphatic rings. The van der Waals surface area contributed by atoms with Crippen LogP contribution in [0.4, 0.5) is 10.5 Å². The Hall–Kier alpha value is -2.84. The number of benzene rings is 2. The quantitative estimate of drug-likeness (QED) is 0.783. The second kappa shape index (κ2) is 8.50. The molecule has 0 unspecified atom stereocenters. The molecule has 0 bridgehead atoms. The fraction of sp³-hybridized carbons (Fsp3) is 0.0588. The molecule has 9 heteroatoms. The predicted octanol–water partition coefficient (Wildman–Crippen LogP) is 2.94. The normalized spacial score (nSPS) is 11.3. The Bertz CT molecular complexity index is 912. The summed E-state index contributed by atoms with van der Waals surface area (Å²) in [5, 5.41) is 10.2. The van der Waals surface area contributed by atoms with Gasteiger partial charge in [-0.1, -0.05) is 41.9 Å². The number of carboxylic acid groups (broad SMARTS) is 1. The van der Waals surface area contributed by atoms with Crippen molar-refractivity contribution in [1.82, 2.24) is 4.72 Å². The highest BCUT2D eigenvalue weighted by molar-refractivity contribution is 7.93. The van der Waals surface area contributed by atoms with Crippen molar-refractivity contribution in [2.24, 2.45) is 0 Å². The molecule has 0 fully saturated rings. The van der Waals surface area contributed by atoms with Crippen LogP contribution in [0, 0.1) is 0 Å². The van der Waals surface area contributed by atoms with Crippen LogP contribution in [-0.2, 0) is 14.8 Å². The van der Waals surface area contributed by atoms with Crippen molar-refractivity contribution in [2.45, 2.75) is 0 Å². The number of halogens is 1. The van der Waals surface area contributed by atoms with Crippen LogP contribution in [0.15, 0.2) is 60.0 Å². The van der Waals surface area contributed by atoms with Gasteiger partial charge >= 0.3 is 12.0 Å². The Morgan fingerprint density at radius 3 is 2.27 bits per heavy atom. The molecular weight excluding hydrogens is 380 g/mol. The van der Waals surface area contributed by atoms with Gasteiger partial charge in [0.05, 0.1) is 5.41 Å². The Morgan fingerprint density at radius 1 is 1.08 bits per heavy atom. The molecule has 0 saturated heterocycles. The number of aliphatic carboxylic acids is 1. The summed E-state index contributed by atoms with van der Waals surface area (Å²) in [7, 11) is -4.12. The smallest absolute Gasteiger partial charge is 0.336 e. The third kappa shape index (κ3) is 5.91. The van der Waals surface area contributed by atoms with E-state index in [1.54, 1.807) is 30.3 Å². The van der Waals surface area contributed by atoms with Crippen molar-refractivity contribution >= 4 is 45.4 Å². The summed E-state index contributed by atoms with van der Waals surface area (Å²) in [4.78, 5) is 24.1. The van der Waals surface area contributed by atoms with Crippen molar-refractivity contribution in [1.29, 1.82) is 0 Å². The minimum Gasteiger partial charge on any atom is -0.480 e. The second-order valence-electron chi connectivity index (χ2n) is 5.12. The monoisotopic (exact) mass is 394 g/mol. The molecule has 0 aromatic heterocycles. The van der Waals surface area contributed by atoms with E-state index in [0.717, 1.165) is 10.3 Å². The summed E-state index contributed by atoms with van der Waals surface area (Å²) < 4.78 is 26.0. The number of hydrogen-bond acceptors (Lipinski definition) is 4. The molecular formula is C17H15ClN2O5S.